The van der Waals surface area contributed by atoms with Crippen molar-refractivity contribution < 1.29 is 17.9 Å². The van der Waals surface area contributed by atoms with Gasteiger partial charge in [-0.1, -0.05) is 18.7 Å². The van der Waals surface area contributed by atoms with Crippen LogP contribution >= 0.6 is 0 Å². The zero-order chi connectivity index (χ0) is 12.2. The highest BCUT2D eigenvalue weighted by atomic mass is 19.3. The van der Waals surface area contributed by atoms with Crippen LogP contribution in [-0.2, 0) is 11.2 Å². The fraction of sp³-hybridized carbons (Fsp3) is 0.333. The number of ether oxygens (including phenoxy) is 1. The number of hydrogen-bond donors (Lipinski definition) is 0. The first-order chi connectivity index (χ1) is 7.49. The van der Waals surface area contributed by atoms with Crippen LogP contribution in [0.15, 0.2) is 30.3 Å². The summed E-state index contributed by atoms with van der Waals surface area (Å²) in [6, 6.07) is 4.90. The number of hydrogen-bond acceptors (Lipinski definition) is 1. The van der Waals surface area contributed by atoms with Crippen molar-refractivity contribution in [1.29, 1.82) is 0 Å². The van der Waals surface area contributed by atoms with E-state index in [0.717, 1.165) is 25.3 Å². The van der Waals surface area contributed by atoms with Crippen LogP contribution in [0.1, 0.15) is 5.56 Å². The van der Waals surface area contributed by atoms with Crippen LogP contribution < -0.4 is 0 Å². The summed E-state index contributed by atoms with van der Waals surface area (Å²) in [7, 11) is 1.16. The van der Waals surface area contributed by atoms with Crippen LogP contribution in [0.5, 0.6) is 0 Å². The van der Waals surface area contributed by atoms with Gasteiger partial charge in [0.1, 0.15) is 11.9 Å². The molecule has 1 rings (SSSR count). The van der Waals surface area contributed by atoms with Crippen LogP contribution in [-0.4, -0.2) is 19.1 Å². The lowest BCUT2D eigenvalue weighted by molar-refractivity contribution is -0.101. The van der Waals surface area contributed by atoms with Gasteiger partial charge in [-0.15, -0.1) is 0 Å². The van der Waals surface area contributed by atoms with Gasteiger partial charge in [0.25, 0.3) is 5.92 Å². The molecule has 4 heteroatoms. The van der Waals surface area contributed by atoms with Crippen molar-refractivity contribution in [3.05, 3.63) is 48.3 Å². The highest BCUT2D eigenvalue weighted by Gasteiger charge is 2.38. The molecule has 1 atom stereocenters. The van der Waals surface area contributed by atoms with Crippen molar-refractivity contribution in [1.82, 2.24) is 0 Å². The van der Waals surface area contributed by atoms with Crippen LogP contribution in [0.4, 0.5) is 13.2 Å². The highest BCUT2D eigenvalue weighted by Crippen LogP contribution is 2.26. The summed E-state index contributed by atoms with van der Waals surface area (Å²) in [5, 5.41) is 0. The fourth-order valence-corrected chi connectivity index (χ4v) is 1.37. The second-order valence-corrected chi connectivity index (χ2v) is 3.41. The summed E-state index contributed by atoms with van der Waals surface area (Å²) in [5.41, 5.74) is 0.329. The minimum atomic E-state index is -3.11. The molecule has 0 aromatic heterocycles. The van der Waals surface area contributed by atoms with Crippen LogP contribution in [0.25, 0.3) is 0 Å². The molecule has 0 heterocycles. The maximum absolute atomic E-state index is 13.5. The van der Waals surface area contributed by atoms with Crippen molar-refractivity contribution in [3.8, 4) is 0 Å². The molecule has 0 bridgehead atoms. The minimum absolute atomic E-state index is 0.329. The molecule has 1 unspecified atom stereocenters. The van der Waals surface area contributed by atoms with Gasteiger partial charge in [0, 0.05) is 13.5 Å². The molecule has 0 spiro atoms. The average molecular weight is 229 g/mol. The molecule has 0 aliphatic rings. The Labute approximate surface area is 92.5 Å². The summed E-state index contributed by atoms with van der Waals surface area (Å²) in [5.74, 6) is -3.57. The number of methoxy groups -OCH3 is 1. The molecule has 0 N–H and O–H groups in total. The molecule has 16 heavy (non-hydrogen) atoms. The maximum atomic E-state index is 13.5. The van der Waals surface area contributed by atoms with Crippen molar-refractivity contribution >= 4 is 0 Å². The van der Waals surface area contributed by atoms with E-state index in [4.69, 9.17) is 6.58 Å². The Morgan fingerprint density at radius 1 is 1.38 bits per heavy atom. The topological polar surface area (TPSA) is 9.23 Å². The van der Waals surface area contributed by atoms with Gasteiger partial charge in [-0.2, -0.15) is 0 Å². The summed E-state index contributed by atoms with van der Waals surface area (Å²) in [6.45, 7) is 5.06. The highest BCUT2D eigenvalue weighted by molar-refractivity contribution is 5.18. The van der Waals surface area contributed by atoms with E-state index in [1.54, 1.807) is 0 Å². The number of halogens is 3. The first kappa shape index (κ1) is 12.8. The van der Waals surface area contributed by atoms with E-state index in [-0.39, 0.29) is 0 Å². The third kappa shape index (κ3) is 3.10. The quantitative estimate of drug-likeness (QED) is 0.754. The molecule has 87 valence electrons. The molecule has 0 saturated carbocycles. The van der Waals surface area contributed by atoms with Gasteiger partial charge in [0.15, 0.2) is 0 Å². The third-order valence-corrected chi connectivity index (χ3v) is 2.20. The summed E-state index contributed by atoms with van der Waals surface area (Å²) < 4.78 is 44.2. The summed E-state index contributed by atoms with van der Waals surface area (Å²) in [4.78, 5) is 0. The van der Waals surface area contributed by atoms with Gasteiger partial charge in [-0.05, 0) is 23.8 Å². The molecule has 0 aliphatic heterocycles. The third-order valence-electron chi connectivity index (χ3n) is 2.20. The average Bonchev–Trinajstić information content (AvgIpc) is 2.22. The monoisotopic (exact) mass is 229 g/mol. The first-order valence-electron chi connectivity index (χ1n) is 4.69. The Kier molecular flexibility index (Phi) is 4.12. The summed E-state index contributed by atoms with van der Waals surface area (Å²) in [6.07, 6.45) is -1.18. The van der Waals surface area contributed by atoms with E-state index in [9.17, 15) is 13.2 Å². The maximum Gasteiger partial charge on any atom is 0.281 e. The predicted octanol–water partition coefficient (Wildman–Crippen LogP) is 3.01. The van der Waals surface area contributed by atoms with Crippen molar-refractivity contribution in [2.75, 3.05) is 7.11 Å². The lowest BCUT2D eigenvalue weighted by atomic mass is 10.0. The fourth-order valence-electron chi connectivity index (χ4n) is 1.37. The van der Waals surface area contributed by atoms with Gasteiger partial charge >= 0.3 is 0 Å². The Bertz CT molecular complexity index is 346. The normalized spacial score (nSPS) is 13.5. The van der Waals surface area contributed by atoms with Crippen LogP contribution in [0.2, 0.25) is 0 Å². The SMILES string of the molecule is [CH]=CC(OC)C(F)(F)Cc1ccc(F)cc1. The number of benzene rings is 1. The van der Waals surface area contributed by atoms with Gasteiger partial charge < -0.3 is 4.74 Å². The summed E-state index contributed by atoms with van der Waals surface area (Å²) >= 11 is 0. The van der Waals surface area contributed by atoms with Crippen LogP contribution in [0.3, 0.4) is 0 Å². The van der Waals surface area contributed by atoms with E-state index in [0.29, 0.717) is 5.56 Å². The zero-order valence-corrected chi connectivity index (χ0v) is 8.79. The molecule has 1 aromatic rings. The van der Waals surface area contributed by atoms with Gasteiger partial charge in [0.2, 0.25) is 0 Å². The van der Waals surface area contributed by atoms with E-state index < -0.39 is 24.3 Å². The molecular formula is C12H12F3O. The Hall–Kier alpha value is -1.29. The molecule has 1 aromatic carbocycles. The molecule has 0 aliphatic carbocycles. The largest absolute Gasteiger partial charge is 0.371 e. The second-order valence-electron chi connectivity index (χ2n) is 3.41. The van der Waals surface area contributed by atoms with Gasteiger partial charge in [-0.25, -0.2) is 13.2 Å². The van der Waals surface area contributed by atoms with E-state index in [2.05, 4.69) is 4.74 Å². The standard InChI is InChI=1S/C12H12F3O/c1-3-11(16-2)12(14,15)8-9-4-6-10(13)7-5-9/h1,3-7,11H,8H2,2H3. The van der Waals surface area contributed by atoms with E-state index in [1.807, 2.05) is 0 Å². The van der Waals surface area contributed by atoms with Gasteiger partial charge in [-0.3, -0.25) is 0 Å². The van der Waals surface area contributed by atoms with Crippen molar-refractivity contribution in [2.24, 2.45) is 0 Å². The first-order valence-corrected chi connectivity index (χ1v) is 4.69. The number of alkyl halides is 2. The molecule has 1 nitrogen and oxygen atoms in total. The van der Waals surface area contributed by atoms with E-state index in [1.165, 1.54) is 12.1 Å². The van der Waals surface area contributed by atoms with E-state index >= 15 is 0 Å². The molecule has 0 saturated heterocycles. The molecular weight excluding hydrogens is 217 g/mol. The second kappa shape index (κ2) is 5.16. The zero-order valence-electron chi connectivity index (χ0n) is 8.79. The Morgan fingerprint density at radius 2 is 1.94 bits per heavy atom. The molecule has 0 fully saturated rings. The number of rotatable bonds is 5. The lowest BCUT2D eigenvalue weighted by Gasteiger charge is -2.22. The molecule has 1 radical (unpaired) electrons. The van der Waals surface area contributed by atoms with Crippen LogP contribution in [0, 0.1) is 12.4 Å². The van der Waals surface area contributed by atoms with Crippen molar-refractivity contribution in [3.63, 3.8) is 0 Å². The molecule has 0 amide bonds. The lowest BCUT2D eigenvalue weighted by Crippen LogP contribution is -2.35. The smallest absolute Gasteiger partial charge is 0.281 e. The Morgan fingerprint density at radius 3 is 2.38 bits per heavy atom. The van der Waals surface area contributed by atoms with Gasteiger partial charge in [0.05, 0.1) is 0 Å². The minimum Gasteiger partial charge on any atom is -0.371 e. The van der Waals surface area contributed by atoms with Crippen molar-refractivity contribution in [2.45, 2.75) is 18.4 Å². The Balaban J connectivity index is 2.78. The predicted molar refractivity (Wildman–Crippen MR) is 54.7 cm³/mol.